The molecule has 1 heterocycles. The Balaban J connectivity index is 2.32. The summed E-state index contributed by atoms with van der Waals surface area (Å²) < 4.78 is 5.56. The second-order valence-corrected chi connectivity index (χ2v) is 3.48. The third kappa shape index (κ3) is 2.17. The number of nitrogens with two attached hydrogens (primary N) is 1. The molecule has 66 valence electrons. The number of rotatable bonds is 3. The van der Waals surface area contributed by atoms with E-state index in [1.807, 2.05) is 0 Å². The molecule has 0 amide bonds. The molecule has 2 heteroatoms. The van der Waals surface area contributed by atoms with Crippen molar-refractivity contribution in [2.45, 2.75) is 45.3 Å². The second kappa shape index (κ2) is 4.07. The zero-order valence-corrected chi connectivity index (χ0v) is 7.55. The molecule has 2 N–H and O–H groups in total. The SMILES string of the molecule is CCC(N)C(C)C1CCCO1. The lowest BCUT2D eigenvalue weighted by Crippen LogP contribution is -2.35. The van der Waals surface area contributed by atoms with Crippen LogP contribution in [0.2, 0.25) is 0 Å². The van der Waals surface area contributed by atoms with Gasteiger partial charge in [-0.25, -0.2) is 0 Å². The average Bonchev–Trinajstić information content (AvgIpc) is 2.53. The van der Waals surface area contributed by atoms with Crippen molar-refractivity contribution in [2.24, 2.45) is 11.7 Å². The van der Waals surface area contributed by atoms with E-state index in [1.165, 1.54) is 12.8 Å². The van der Waals surface area contributed by atoms with Crippen molar-refractivity contribution < 1.29 is 4.74 Å². The Morgan fingerprint density at radius 3 is 2.82 bits per heavy atom. The molecule has 1 aliphatic rings. The Bertz CT molecular complexity index is 110. The first kappa shape index (κ1) is 9.01. The van der Waals surface area contributed by atoms with Gasteiger partial charge in [0, 0.05) is 12.6 Å². The highest BCUT2D eigenvalue weighted by molar-refractivity contribution is 4.78. The summed E-state index contributed by atoms with van der Waals surface area (Å²) in [5.41, 5.74) is 5.92. The van der Waals surface area contributed by atoms with E-state index in [9.17, 15) is 0 Å². The highest BCUT2D eigenvalue weighted by atomic mass is 16.5. The smallest absolute Gasteiger partial charge is 0.0616 e. The molecule has 1 rings (SSSR count). The van der Waals surface area contributed by atoms with Crippen LogP contribution in [0.4, 0.5) is 0 Å². The Morgan fingerprint density at radius 2 is 2.36 bits per heavy atom. The first-order valence-electron chi connectivity index (χ1n) is 4.63. The second-order valence-electron chi connectivity index (χ2n) is 3.48. The van der Waals surface area contributed by atoms with Crippen molar-refractivity contribution in [1.29, 1.82) is 0 Å². The zero-order chi connectivity index (χ0) is 8.27. The van der Waals surface area contributed by atoms with Gasteiger partial charge in [-0.15, -0.1) is 0 Å². The van der Waals surface area contributed by atoms with Crippen molar-refractivity contribution in [3.05, 3.63) is 0 Å². The molecule has 0 radical (unpaired) electrons. The van der Waals surface area contributed by atoms with Crippen molar-refractivity contribution in [2.75, 3.05) is 6.61 Å². The zero-order valence-electron chi connectivity index (χ0n) is 7.55. The summed E-state index contributed by atoms with van der Waals surface area (Å²) in [5.74, 6) is 0.530. The molecule has 0 aliphatic carbocycles. The summed E-state index contributed by atoms with van der Waals surface area (Å²) >= 11 is 0. The lowest BCUT2D eigenvalue weighted by Gasteiger charge is -2.23. The third-order valence-corrected chi connectivity index (χ3v) is 2.70. The largest absolute Gasteiger partial charge is 0.378 e. The first-order chi connectivity index (χ1) is 5.25. The topological polar surface area (TPSA) is 35.2 Å². The third-order valence-electron chi connectivity index (χ3n) is 2.70. The van der Waals surface area contributed by atoms with Gasteiger partial charge in [-0.3, -0.25) is 0 Å². The standard InChI is InChI=1S/C9H19NO/c1-3-8(10)7(2)9-5-4-6-11-9/h7-9H,3-6,10H2,1-2H3. The van der Waals surface area contributed by atoms with Crippen LogP contribution >= 0.6 is 0 Å². The fraction of sp³-hybridized carbons (Fsp3) is 1.00. The van der Waals surface area contributed by atoms with Crippen LogP contribution in [-0.4, -0.2) is 18.8 Å². The van der Waals surface area contributed by atoms with E-state index >= 15 is 0 Å². The molecule has 0 saturated carbocycles. The Hall–Kier alpha value is -0.0800. The molecule has 0 aromatic rings. The van der Waals surface area contributed by atoms with Crippen LogP contribution in [-0.2, 0) is 4.74 Å². The van der Waals surface area contributed by atoms with Crippen molar-refractivity contribution >= 4 is 0 Å². The molecule has 0 aromatic carbocycles. The van der Waals surface area contributed by atoms with Gasteiger partial charge in [0.15, 0.2) is 0 Å². The summed E-state index contributed by atoms with van der Waals surface area (Å²) in [5, 5.41) is 0. The maximum Gasteiger partial charge on any atom is 0.0616 e. The van der Waals surface area contributed by atoms with Crippen LogP contribution in [0, 0.1) is 5.92 Å². The molecule has 2 nitrogen and oxygen atoms in total. The van der Waals surface area contributed by atoms with E-state index in [1.54, 1.807) is 0 Å². The minimum atomic E-state index is 0.318. The Labute approximate surface area is 69.1 Å². The molecule has 1 aliphatic heterocycles. The molecule has 1 fully saturated rings. The van der Waals surface area contributed by atoms with Crippen molar-refractivity contribution in [3.63, 3.8) is 0 Å². The van der Waals surface area contributed by atoms with Gasteiger partial charge in [0.2, 0.25) is 0 Å². The summed E-state index contributed by atoms with van der Waals surface area (Å²) in [6.45, 7) is 5.27. The van der Waals surface area contributed by atoms with Crippen LogP contribution in [0.5, 0.6) is 0 Å². The van der Waals surface area contributed by atoms with Crippen LogP contribution in [0.15, 0.2) is 0 Å². The maximum atomic E-state index is 5.92. The van der Waals surface area contributed by atoms with Gasteiger partial charge in [-0.2, -0.15) is 0 Å². The lowest BCUT2D eigenvalue weighted by atomic mass is 9.93. The molecular formula is C9H19NO. The average molecular weight is 157 g/mol. The molecule has 1 saturated heterocycles. The summed E-state index contributed by atoms with van der Waals surface area (Å²) in [4.78, 5) is 0. The Kier molecular flexibility index (Phi) is 3.34. The highest BCUT2D eigenvalue weighted by Gasteiger charge is 2.25. The van der Waals surface area contributed by atoms with Crippen molar-refractivity contribution in [3.8, 4) is 0 Å². The summed E-state index contributed by atoms with van der Waals surface area (Å²) in [7, 11) is 0. The highest BCUT2D eigenvalue weighted by Crippen LogP contribution is 2.22. The van der Waals surface area contributed by atoms with Gasteiger partial charge in [0.1, 0.15) is 0 Å². The minimum absolute atomic E-state index is 0.318. The van der Waals surface area contributed by atoms with Gasteiger partial charge in [0.05, 0.1) is 6.10 Å². The maximum absolute atomic E-state index is 5.92. The van der Waals surface area contributed by atoms with E-state index in [0.29, 0.717) is 18.1 Å². The van der Waals surface area contributed by atoms with Gasteiger partial charge in [-0.05, 0) is 25.2 Å². The first-order valence-corrected chi connectivity index (χ1v) is 4.63. The van der Waals surface area contributed by atoms with Gasteiger partial charge in [0.25, 0.3) is 0 Å². The van der Waals surface area contributed by atoms with E-state index < -0.39 is 0 Å². The van der Waals surface area contributed by atoms with Gasteiger partial charge >= 0.3 is 0 Å². The van der Waals surface area contributed by atoms with Crippen LogP contribution in [0.25, 0.3) is 0 Å². The normalized spacial score (nSPS) is 30.3. The predicted molar refractivity (Wildman–Crippen MR) is 46.4 cm³/mol. The number of hydrogen-bond donors (Lipinski definition) is 1. The molecule has 11 heavy (non-hydrogen) atoms. The summed E-state index contributed by atoms with van der Waals surface area (Å²) in [6.07, 6.45) is 3.91. The molecule has 0 bridgehead atoms. The van der Waals surface area contributed by atoms with E-state index in [0.717, 1.165) is 13.0 Å². The van der Waals surface area contributed by atoms with Crippen molar-refractivity contribution in [1.82, 2.24) is 0 Å². The quantitative estimate of drug-likeness (QED) is 0.674. The predicted octanol–water partition coefficient (Wildman–Crippen LogP) is 1.54. The van der Waals surface area contributed by atoms with Crippen LogP contribution in [0.3, 0.4) is 0 Å². The molecule has 0 aromatic heterocycles. The minimum Gasteiger partial charge on any atom is -0.378 e. The molecule has 3 unspecified atom stereocenters. The van der Waals surface area contributed by atoms with Crippen LogP contribution in [0.1, 0.15) is 33.1 Å². The van der Waals surface area contributed by atoms with E-state index in [4.69, 9.17) is 10.5 Å². The number of ether oxygens (including phenoxy) is 1. The van der Waals surface area contributed by atoms with E-state index in [2.05, 4.69) is 13.8 Å². The summed E-state index contributed by atoms with van der Waals surface area (Å²) in [6, 6.07) is 0.318. The van der Waals surface area contributed by atoms with Gasteiger partial charge in [-0.1, -0.05) is 13.8 Å². The molecule has 3 atom stereocenters. The number of hydrogen-bond acceptors (Lipinski definition) is 2. The Morgan fingerprint density at radius 1 is 1.64 bits per heavy atom. The molecular weight excluding hydrogens is 138 g/mol. The fourth-order valence-electron chi connectivity index (χ4n) is 1.66. The lowest BCUT2D eigenvalue weighted by molar-refractivity contribution is 0.0593. The monoisotopic (exact) mass is 157 g/mol. The van der Waals surface area contributed by atoms with Crippen LogP contribution < -0.4 is 5.73 Å². The molecule has 0 spiro atoms. The van der Waals surface area contributed by atoms with E-state index in [-0.39, 0.29) is 0 Å². The fourth-order valence-corrected chi connectivity index (χ4v) is 1.66. The van der Waals surface area contributed by atoms with Gasteiger partial charge < -0.3 is 10.5 Å².